The number of aliphatic hydroxyl groups excluding tert-OH is 1. The van der Waals surface area contributed by atoms with Crippen molar-refractivity contribution in [2.45, 2.75) is 47.0 Å². The average Bonchev–Trinajstić information content (AvgIpc) is 1.96. The molecule has 1 nitrogen and oxygen atoms in total. The summed E-state index contributed by atoms with van der Waals surface area (Å²) in [5.41, 5.74) is 0. The van der Waals surface area contributed by atoms with Gasteiger partial charge in [0.05, 0.1) is 0 Å². The number of rotatable bonds is 6. The van der Waals surface area contributed by atoms with Crippen LogP contribution in [0.3, 0.4) is 0 Å². The first-order valence-corrected chi connectivity index (χ1v) is 5.18. The molecule has 0 aromatic heterocycles. The number of hydrogen-bond donors (Lipinski definition) is 1. The van der Waals surface area contributed by atoms with E-state index >= 15 is 0 Å². The molecule has 0 unspecified atom stereocenters. The summed E-state index contributed by atoms with van der Waals surface area (Å²) in [4.78, 5) is 0. The van der Waals surface area contributed by atoms with Gasteiger partial charge in [0, 0.05) is 6.61 Å². The first-order chi connectivity index (χ1) is 5.57. The molecular weight excluding hydrogens is 148 g/mol. The van der Waals surface area contributed by atoms with Crippen molar-refractivity contribution >= 4 is 0 Å². The Morgan fingerprint density at radius 3 is 1.83 bits per heavy atom. The lowest BCUT2D eigenvalue weighted by atomic mass is 9.86. The molecule has 0 aromatic rings. The molecule has 0 saturated heterocycles. The summed E-state index contributed by atoms with van der Waals surface area (Å²) in [6, 6.07) is 0. The van der Waals surface area contributed by atoms with Crippen LogP contribution in [-0.4, -0.2) is 11.7 Å². The van der Waals surface area contributed by atoms with Gasteiger partial charge in [0.2, 0.25) is 0 Å². The molecule has 1 heteroatoms. The lowest BCUT2D eigenvalue weighted by Crippen LogP contribution is -2.11. The normalized spacial score (nSPS) is 14.2. The summed E-state index contributed by atoms with van der Waals surface area (Å²) in [5, 5.41) is 8.85. The van der Waals surface area contributed by atoms with Crippen LogP contribution in [0.15, 0.2) is 0 Å². The van der Waals surface area contributed by atoms with E-state index in [9.17, 15) is 0 Å². The molecule has 0 amide bonds. The largest absolute Gasteiger partial charge is 0.396 e. The Morgan fingerprint density at radius 2 is 1.50 bits per heavy atom. The van der Waals surface area contributed by atoms with E-state index in [2.05, 4.69) is 27.7 Å². The summed E-state index contributed by atoms with van der Waals surface area (Å²) < 4.78 is 0. The third-order valence-corrected chi connectivity index (χ3v) is 2.56. The third-order valence-electron chi connectivity index (χ3n) is 2.56. The summed E-state index contributed by atoms with van der Waals surface area (Å²) in [6.45, 7) is 9.37. The Balaban J connectivity index is 3.63. The predicted molar refractivity (Wildman–Crippen MR) is 54.1 cm³/mol. The number of aliphatic hydroxyl groups is 1. The average molecular weight is 172 g/mol. The van der Waals surface area contributed by atoms with Crippen molar-refractivity contribution in [3.8, 4) is 0 Å². The van der Waals surface area contributed by atoms with Crippen LogP contribution in [0.25, 0.3) is 0 Å². The summed E-state index contributed by atoms with van der Waals surface area (Å²) in [7, 11) is 0. The number of hydrogen-bond acceptors (Lipinski definition) is 1. The summed E-state index contributed by atoms with van der Waals surface area (Å²) in [5.74, 6) is 2.23. The van der Waals surface area contributed by atoms with Crippen LogP contribution in [0.4, 0.5) is 0 Å². The molecule has 0 aliphatic rings. The molecule has 1 N–H and O–H groups in total. The van der Waals surface area contributed by atoms with Crippen molar-refractivity contribution in [3.63, 3.8) is 0 Å². The Bertz CT molecular complexity index is 97.2. The van der Waals surface area contributed by atoms with E-state index in [-0.39, 0.29) is 0 Å². The van der Waals surface area contributed by atoms with E-state index in [0.29, 0.717) is 6.61 Å². The Labute approximate surface area is 77.2 Å². The predicted octanol–water partition coefficient (Wildman–Crippen LogP) is 3.08. The molecule has 0 fully saturated rings. The van der Waals surface area contributed by atoms with Gasteiger partial charge in [0.15, 0.2) is 0 Å². The molecule has 1 atom stereocenters. The fraction of sp³-hybridized carbons (Fsp3) is 1.00. The van der Waals surface area contributed by atoms with Gasteiger partial charge in [-0.05, 0) is 30.6 Å². The topological polar surface area (TPSA) is 20.2 Å². The molecule has 0 rings (SSSR count). The van der Waals surface area contributed by atoms with Crippen LogP contribution in [0.2, 0.25) is 0 Å². The first kappa shape index (κ1) is 12.0. The van der Waals surface area contributed by atoms with Crippen LogP contribution in [0.5, 0.6) is 0 Å². The maximum absolute atomic E-state index is 8.85. The van der Waals surface area contributed by atoms with Crippen LogP contribution in [-0.2, 0) is 0 Å². The van der Waals surface area contributed by atoms with Crippen LogP contribution in [0.1, 0.15) is 47.0 Å². The zero-order chi connectivity index (χ0) is 9.56. The molecule has 74 valence electrons. The van der Waals surface area contributed by atoms with E-state index < -0.39 is 0 Å². The first-order valence-electron chi connectivity index (χ1n) is 5.18. The van der Waals surface area contributed by atoms with E-state index in [1.807, 2.05) is 0 Å². The maximum Gasteiger partial charge on any atom is 0.0433 e. The van der Waals surface area contributed by atoms with Crippen molar-refractivity contribution in [2.24, 2.45) is 17.8 Å². The molecule has 0 saturated carbocycles. The highest BCUT2D eigenvalue weighted by molar-refractivity contribution is 4.63. The van der Waals surface area contributed by atoms with E-state index in [4.69, 9.17) is 5.11 Å². The Hall–Kier alpha value is -0.0400. The fourth-order valence-corrected chi connectivity index (χ4v) is 1.52. The van der Waals surface area contributed by atoms with Gasteiger partial charge < -0.3 is 5.11 Å². The minimum absolute atomic E-state index is 0.348. The fourth-order valence-electron chi connectivity index (χ4n) is 1.52. The highest BCUT2D eigenvalue weighted by Gasteiger charge is 2.12. The molecule has 0 aromatic carbocycles. The van der Waals surface area contributed by atoms with Gasteiger partial charge in [-0.15, -0.1) is 0 Å². The van der Waals surface area contributed by atoms with Gasteiger partial charge in [-0.2, -0.15) is 0 Å². The van der Waals surface area contributed by atoms with E-state index in [0.717, 1.165) is 24.2 Å². The van der Waals surface area contributed by atoms with Gasteiger partial charge in [-0.1, -0.05) is 34.1 Å². The molecule has 0 aliphatic carbocycles. The minimum atomic E-state index is 0.348. The second-order valence-corrected chi connectivity index (χ2v) is 4.49. The quantitative estimate of drug-likeness (QED) is 0.653. The highest BCUT2D eigenvalue weighted by Crippen LogP contribution is 2.22. The maximum atomic E-state index is 8.85. The lowest BCUT2D eigenvalue weighted by Gasteiger charge is -2.20. The Kier molecular flexibility index (Phi) is 6.45. The van der Waals surface area contributed by atoms with Crippen molar-refractivity contribution < 1.29 is 5.11 Å². The van der Waals surface area contributed by atoms with Gasteiger partial charge in [-0.25, -0.2) is 0 Å². The van der Waals surface area contributed by atoms with E-state index in [1.165, 1.54) is 12.8 Å². The standard InChI is InChI=1S/C11H24O/c1-9(2)5-6-11(7-8-12)10(3)4/h9-12H,5-8H2,1-4H3/t11-/m1/s1. The van der Waals surface area contributed by atoms with Gasteiger partial charge in [-0.3, -0.25) is 0 Å². The van der Waals surface area contributed by atoms with E-state index in [1.54, 1.807) is 0 Å². The van der Waals surface area contributed by atoms with Crippen molar-refractivity contribution in [2.75, 3.05) is 6.61 Å². The molecule has 0 radical (unpaired) electrons. The molecule has 0 spiro atoms. The zero-order valence-electron chi connectivity index (χ0n) is 9.01. The SMILES string of the molecule is CC(C)CC[C@H](CCO)C(C)C. The van der Waals surface area contributed by atoms with Gasteiger partial charge in [0.25, 0.3) is 0 Å². The van der Waals surface area contributed by atoms with Gasteiger partial charge >= 0.3 is 0 Å². The highest BCUT2D eigenvalue weighted by atomic mass is 16.3. The second-order valence-electron chi connectivity index (χ2n) is 4.49. The molecule has 0 bridgehead atoms. The van der Waals surface area contributed by atoms with Crippen molar-refractivity contribution in [3.05, 3.63) is 0 Å². The molecular formula is C11H24O. The van der Waals surface area contributed by atoms with Crippen molar-refractivity contribution in [1.29, 1.82) is 0 Å². The van der Waals surface area contributed by atoms with Crippen molar-refractivity contribution in [1.82, 2.24) is 0 Å². The third kappa shape index (κ3) is 5.59. The zero-order valence-corrected chi connectivity index (χ0v) is 9.01. The lowest BCUT2D eigenvalue weighted by molar-refractivity contribution is 0.217. The Morgan fingerprint density at radius 1 is 0.917 bits per heavy atom. The molecule has 12 heavy (non-hydrogen) atoms. The smallest absolute Gasteiger partial charge is 0.0433 e. The summed E-state index contributed by atoms with van der Waals surface area (Å²) >= 11 is 0. The molecule has 0 heterocycles. The second kappa shape index (κ2) is 6.47. The molecule has 0 aliphatic heterocycles. The summed E-state index contributed by atoms with van der Waals surface area (Å²) in [6.07, 6.45) is 3.54. The van der Waals surface area contributed by atoms with Gasteiger partial charge in [0.1, 0.15) is 0 Å². The monoisotopic (exact) mass is 172 g/mol. The van der Waals surface area contributed by atoms with Crippen LogP contribution in [0, 0.1) is 17.8 Å². The minimum Gasteiger partial charge on any atom is -0.396 e. The van der Waals surface area contributed by atoms with Crippen LogP contribution < -0.4 is 0 Å². The van der Waals surface area contributed by atoms with Crippen LogP contribution >= 0.6 is 0 Å².